The van der Waals surface area contributed by atoms with Crippen LogP contribution < -0.4 is 5.56 Å². The van der Waals surface area contributed by atoms with Crippen molar-refractivity contribution in [2.24, 2.45) is 0 Å². The van der Waals surface area contributed by atoms with E-state index in [-0.39, 0.29) is 36.4 Å². The molecule has 7 nitrogen and oxygen atoms in total. The number of rotatable bonds is 2. The van der Waals surface area contributed by atoms with E-state index in [1.165, 1.54) is 10.6 Å². The van der Waals surface area contributed by atoms with E-state index >= 15 is 0 Å². The number of nitrogens with zero attached hydrogens (tertiary/aromatic N) is 2. The lowest BCUT2D eigenvalue weighted by Gasteiger charge is -2.21. The third-order valence-electron chi connectivity index (χ3n) is 5.67. The van der Waals surface area contributed by atoms with E-state index in [1.54, 1.807) is 31.2 Å². The first kappa shape index (κ1) is 18.7. The number of benzene rings is 1. The number of carbonyl (C=O) groups is 1. The monoisotopic (exact) mass is 408 g/mol. The van der Waals surface area contributed by atoms with Gasteiger partial charge in [0.05, 0.1) is 35.6 Å². The number of pyridine rings is 2. The topological polar surface area (TPSA) is 102 Å². The van der Waals surface area contributed by atoms with Gasteiger partial charge < -0.3 is 19.5 Å². The molecular formula is C22H17FN2O5. The van der Waals surface area contributed by atoms with Crippen molar-refractivity contribution < 1.29 is 24.1 Å². The Hall–Kier alpha value is -3.36. The van der Waals surface area contributed by atoms with E-state index in [0.29, 0.717) is 27.9 Å². The molecule has 2 aliphatic rings. The highest BCUT2D eigenvalue weighted by molar-refractivity contribution is 5.94. The minimum Gasteiger partial charge on any atom is -0.458 e. The number of ether oxygens (including phenoxy) is 1. The van der Waals surface area contributed by atoms with Crippen LogP contribution in [0.5, 0.6) is 0 Å². The molecule has 0 spiro atoms. The molecule has 5 rings (SSSR count). The van der Waals surface area contributed by atoms with Gasteiger partial charge in [0, 0.05) is 22.6 Å². The van der Waals surface area contributed by atoms with Gasteiger partial charge in [-0.1, -0.05) is 12.2 Å². The van der Waals surface area contributed by atoms with Crippen molar-refractivity contribution in [3.05, 3.63) is 68.3 Å². The average Bonchev–Trinajstić information content (AvgIpc) is 3.08. The van der Waals surface area contributed by atoms with Gasteiger partial charge in [0.1, 0.15) is 12.4 Å². The lowest BCUT2D eigenvalue weighted by Crippen LogP contribution is -2.32. The quantitative estimate of drug-likeness (QED) is 0.492. The second-order valence-corrected chi connectivity index (χ2v) is 7.42. The Balaban J connectivity index is 1.83. The molecule has 0 aliphatic carbocycles. The molecular weight excluding hydrogens is 391 g/mol. The summed E-state index contributed by atoms with van der Waals surface area (Å²) in [5.41, 5.74) is 3.37. The summed E-state index contributed by atoms with van der Waals surface area (Å²) < 4.78 is 20.6. The molecule has 0 saturated carbocycles. The molecule has 0 unspecified atom stereocenters. The number of aromatic nitrogens is 2. The van der Waals surface area contributed by atoms with Gasteiger partial charge in [-0.05, 0) is 30.2 Å². The van der Waals surface area contributed by atoms with Crippen LogP contribution in [-0.2, 0) is 22.7 Å². The zero-order valence-corrected chi connectivity index (χ0v) is 16.0. The Morgan fingerprint density at radius 2 is 2.10 bits per heavy atom. The zero-order chi connectivity index (χ0) is 21.2. The molecule has 2 N–H and O–H groups in total. The molecule has 0 amide bonds. The summed E-state index contributed by atoms with van der Waals surface area (Å²) in [7, 11) is 0. The van der Waals surface area contributed by atoms with Crippen LogP contribution in [0.2, 0.25) is 0 Å². The van der Waals surface area contributed by atoms with Crippen molar-refractivity contribution in [1.82, 2.24) is 9.55 Å². The first-order chi connectivity index (χ1) is 14.4. The predicted molar refractivity (Wildman–Crippen MR) is 106 cm³/mol. The Kier molecular flexibility index (Phi) is 4.09. The number of aliphatic hydroxyl groups excluding tert-OH is 2. The first-order valence-electron chi connectivity index (χ1n) is 9.42. The number of fused-ring (bicyclic) bond motifs is 5. The molecule has 1 aromatic carbocycles. The molecule has 1 atom stereocenters. The summed E-state index contributed by atoms with van der Waals surface area (Å²) in [6.07, 6.45) is 1.77. The van der Waals surface area contributed by atoms with Crippen LogP contribution in [0.1, 0.15) is 33.9 Å². The molecule has 152 valence electrons. The number of carbonyl (C=O) groups excluding carboxylic acids is 1. The minimum atomic E-state index is -1.54. The van der Waals surface area contributed by atoms with Crippen molar-refractivity contribution >= 4 is 22.9 Å². The van der Waals surface area contributed by atoms with Crippen LogP contribution in [0.25, 0.3) is 28.4 Å². The van der Waals surface area contributed by atoms with Crippen molar-refractivity contribution in [2.75, 3.05) is 6.61 Å². The summed E-state index contributed by atoms with van der Waals surface area (Å²) in [6.45, 7) is 1.52. The van der Waals surface area contributed by atoms with Gasteiger partial charge in [-0.25, -0.2) is 14.2 Å². The fourth-order valence-electron chi connectivity index (χ4n) is 4.15. The molecule has 30 heavy (non-hydrogen) atoms. The van der Waals surface area contributed by atoms with E-state index in [4.69, 9.17) is 4.74 Å². The summed E-state index contributed by atoms with van der Waals surface area (Å²) in [5.74, 6) is -1.20. The molecule has 0 radical (unpaired) electrons. The minimum absolute atomic E-state index is 0.175. The number of hydrogen-bond donors (Lipinski definition) is 2. The molecule has 0 fully saturated rings. The maximum atomic E-state index is 14.2. The standard InChI is InChI=1S/C22H17FN2O5/c1-10-5-12-11(3-2-4-26)14-8-25-18(19(14)24-17(12)7-16(10)23)6-13-15(21(25)28)9-30-22(29)20(13)27/h2-3,5-7,20,26-27H,4,8-9H2,1H3/b3-2+/t20-/m0/s1. The molecule has 4 heterocycles. The molecule has 2 aromatic heterocycles. The first-order valence-corrected chi connectivity index (χ1v) is 9.42. The summed E-state index contributed by atoms with van der Waals surface area (Å²) in [6, 6.07) is 4.62. The Labute approximate surface area is 169 Å². The predicted octanol–water partition coefficient (Wildman–Crippen LogP) is 1.97. The van der Waals surface area contributed by atoms with Crippen molar-refractivity contribution in [3.63, 3.8) is 0 Å². The van der Waals surface area contributed by atoms with Gasteiger partial charge in [0.2, 0.25) is 0 Å². The van der Waals surface area contributed by atoms with Crippen LogP contribution in [0, 0.1) is 12.7 Å². The molecule has 3 aromatic rings. The van der Waals surface area contributed by atoms with Crippen LogP contribution in [0.15, 0.2) is 29.1 Å². The Morgan fingerprint density at radius 1 is 1.30 bits per heavy atom. The van der Waals surface area contributed by atoms with Crippen molar-refractivity contribution in [2.45, 2.75) is 26.2 Å². The fraction of sp³-hybridized carbons (Fsp3) is 0.227. The van der Waals surface area contributed by atoms with Crippen LogP contribution in [-0.4, -0.2) is 32.3 Å². The van der Waals surface area contributed by atoms with Gasteiger partial charge in [-0.15, -0.1) is 0 Å². The lowest BCUT2D eigenvalue weighted by atomic mass is 9.97. The average molecular weight is 408 g/mol. The molecule has 8 heteroatoms. The van der Waals surface area contributed by atoms with E-state index in [1.807, 2.05) is 0 Å². The Bertz CT molecular complexity index is 1340. The number of esters is 1. The second-order valence-electron chi connectivity index (χ2n) is 7.42. The fourth-order valence-corrected chi connectivity index (χ4v) is 4.15. The maximum absolute atomic E-state index is 14.2. The molecule has 0 bridgehead atoms. The van der Waals surface area contributed by atoms with Crippen LogP contribution >= 0.6 is 0 Å². The highest BCUT2D eigenvalue weighted by Crippen LogP contribution is 2.38. The third-order valence-corrected chi connectivity index (χ3v) is 5.67. The highest BCUT2D eigenvalue weighted by Gasteiger charge is 2.34. The SMILES string of the molecule is Cc1cc2c(/C=C/CO)c3c(nc2cc1F)-c1cc2c(c(=O)n1C3)COC(=O)[C@H]2O. The zero-order valence-electron chi connectivity index (χ0n) is 16.0. The number of aryl methyl sites for hydroxylation is 1. The third kappa shape index (κ3) is 2.54. The van der Waals surface area contributed by atoms with Crippen LogP contribution in [0.3, 0.4) is 0 Å². The van der Waals surface area contributed by atoms with E-state index in [2.05, 4.69) is 4.98 Å². The van der Waals surface area contributed by atoms with Gasteiger partial charge in [-0.3, -0.25) is 4.79 Å². The summed E-state index contributed by atoms with van der Waals surface area (Å²) in [5, 5.41) is 20.2. The normalized spacial score (nSPS) is 17.2. The van der Waals surface area contributed by atoms with Gasteiger partial charge in [-0.2, -0.15) is 0 Å². The van der Waals surface area contributed by atoms with E-state index in [0.717, 1.165) is 11.1 Å². The molecule has 0 saturated heterocycles. The number of hydrogen-bond acceptors (Lipinski definition) is 6. The summed E-state index contributed by atoms with van der Waals surface area (Å²) >= 11 is 0. The highest BCUT2D eigenvalue weighted by atomic mass is 19.1. The van der Waals surface area contributed by atoms with Crippen LogP contribution in [0.4, 0.5) is 4.39 Å². The van der Waals surface area contributed by atoms with Gasteiger partial charge >= 0.3 is 5.97 Å². The maximum Gasteiger partial charge on any atom is 0.340 e. The number of aliphatic hydroxyl groups is 2. The second kappa shape index (κ2) is 6.58. The Morgan fingerprint density at radius 3 is 2.87 bits per heavy atom. The lowest BCUT2D eigenvalue weighted by molar-refractivity contribution is -0.157. The smallest absolute Gasteiger partial charge is 0.340 e. The van der Waals surface area contributed by atoms with E-state index < -0.39 is 17.9 Å². The van der Waals surface area contributed by atoms with E-state index in [9.17, 15) is 24.2 Å². The molecule has 2 aliphatic heterocycles. The summed E-state index contributed by atoms with van der Waals surface area (Å²) in [4.78, 5) is 29.4. The largest absolute Gasteiger partial charge is 0.458 e. The number of cyclic esters (lactones) is 1. The van der Waals surface area contributed by atoms with Crippen molar-refractivity contribution in [1.29, 1.82) is 0 Å². The van der Waals surface area contributed by atoms with Gasteiger partial charge in [0.25, 0.3) is 5.56 Å². The number of halogens is 1. The van der Waals surface area contributed by atoms with Gasteiger partial charge in [0.15, 0.2) is 6.10 Å². The van der Waals surface area contributed by atoms with Crippen molar-refractivity contribution in [3.8, 4) is 11.4 Å².